The van der Waals surface area contributed by atoms with Gasteiger partial charge in [-0.25, -0.2) is 9.37 Å². The molecule has 3 nitrogen and oxygen atoms in total. The van der Waals surface area contributed by atoms with Gasteiger partial charge in [-0.05, 0) is 45.4 Å². The summed E-state index contributed by atoms with van der Waals surface area (Å²) < 4.78 is 15.8. The maximum absolute atomic E-state index is 14.0. The lowest BCUT2D eigenvalue weighted by Crippen LogP contribution is -2.35. The standard InChI is InChI=1S/C15H20FN3/c1-11-5-6-14(13(16)7-11)19-10-17-8-12(19)9-18-15(2,3)4/h5-8,10,18H,9H2,1-4H3. The molecule has 0 saturated carbocycles. The molecule has 0 fully saturated rings. The molecule has 2 aromatic rings. The van der Waals surface area contributed by atoms with Crippen molar-refractivity contribution >= 4 is 0 Å². The Hall–Kier alpha value is -1.68. The van der Waals surface area contributed by atoms with Gasteiger partial charge in [0.05, 0.1) is 17.7 Å². The molecule has 2 rings (SSSR count). The normalized spacial score (nSPS) is 11.8. The second-order valence-corrected chi connectivity index (χ2v) is 5.81. The van der Waals surface area contributed by atoms with Crippen LogP contribution < -0.4 is 5.32 Å². The summed E-state index contributed by atoms with van der Waals surface area (Å²) in [6.45, 7) is 8.82. The third kappa shape index (κ3) is 3.41. The monoisotopic (exact) mass is 261 g/mol. The Labute approximate surface area is 113 Å². The van der Waals surface area contributed by atoms with Gasteiger partial charge in [-0.15, -0.1) is 0 Å². The summed E-state index contributed by atoms with van der Waals surface area (Å²) in [5.41, 5.74) is 2.41. The van der Waals surface area contributed by atoms with Crippen LogP contribution in [0.15, 0.2) is 30.7 Å². The number of imidazole rings is 1. The van der Waals surface area contributed by atoms with Crippen molar-refractivity contribution in [3.63, 3.8) is 0 Å². The Morgan fingerprint density at radius 2 is 2.05 bits per heavy atom. The molecular weight excluding hydrogens is 241 g/mol. The van der Waals surface area contributed by atoms with Crippen LogP contribution in [0.4, 0.5) is 4.39 Å². The highest BCUT2D eigenvalue weighted by Gasteiger charge is 2.13. The molecule has 0 radical (unpaired) electrons. The zero-order chi connectivity index (χ0) is 14.0. The minimum Gasteiger partial charge on any atom is -0.306 e. The molecule has 0 unspecified atom stereocenters. The van der Waals surface area contributed by atoms with Gasteiger partial charge in [0.2, 0.25) is 0 Å². The summed E-state index contributed by atoms with van der Waals surface area (Å²) in [5, 5.41) is 3.38. The summed E-state index contributed by atoms with van der Waals surface area (Å²) in [6, 6.07) is 5.22. The molecule has 0 spiro atoms. The van der Waals surface area contributed by atoms with Crippen molar-refractivity contribution < 1.29 is 4.39 Å². The number of aromatic nitrogens is 2. The zero-order valence-electron chi connectivity index (χ0n) is 11.9. The summed E-state index contributed by atoms with van der Waals surface area (Å²) in [4.78, 5) is 4.12. The molecule has 1 aromatic carbocycles. The molecule has 102 valence electrons. The first kappa shape index (κ1) is 13.7. The van der Waals surface area contributed by atoms with E-state index in [0.717, 1.165) is 11.3 Å². The number of hydrogen-bond donors (Lipinski definition) is 1. The van der Waals surface area contributed by atoms with Gasteiger partial charge in [0.15, 0.2) is 0 Å². The van der Waals surface area contributed by atoms with Crippen LogP contribution in [0.1, 0.15) is 32.0 Å². The summed E-state index contributed by atoms with van der Waals surface area (Å²) in [5.74, 6) is -0.227. The number of halogens is 1. The molecule has 0 atom stereocenters. The fraction of sp³-hybridized carbons (Fsp3) is 0.400. The van der Waals surface area contributed by atoms with Gasteiger partial charge in [0.25, 0.3) is 0 Å². The van der Waals surface area contributed by atoms with Crippen molar-refractivity contribution in [3.8, 4) is 5.69 Å². The largest absolute Gasteiger partial charge is 0.306 e. The minimum absolute atomic E-state index is 0.0148. The van der Waals surface area contributed by atoms with E-state index in [1.807, 2.05) is 13.0 Å². The highest BCUT2D eigenvalue weighted by atomic mass is 19.1. The fourth-order valence-electron chi connectivity index (χ4n) is 1.83. The number of benzene rings is 1. The summed E-state index contributed by atoms with van der Waals surface area (Å²) >= 11 is 0. The van der Waals surface area contributed by atoms with Gasteiger partial charge >= 0.3 is 0 Å². The number of aryl methyl sites for hydroxylation is 1. The molecule has 0 saturated heterocycles. The molecule has 1 N–H and O–H groups in total. The van der Waals surface area contributed by atoms with E-state index in [9.17, 15) is 4.39 Å². The molecule has 1 heterocycles. The minimum atomic E-state index is -0.227. The van der Waals surface area contributed by atoms with Crippen molar-refractivity contribution in [2.24, 2.45) is 0 Å². The predicted molar refractivity (Wildman–Crippen MR) is 74.9 cm³/mol. The maximum atomic E-state index is 14.0. The fourth-order valence-corrected chi connectivity index (χ4v) is 1.83. The molecule has 0 aliphatic heterocycles. The Morgan fingerprint density at radius 1 is 1.32 bits per heavy atom. The van der Waals surface area contributed by atoms with E-state index in [-0.39, 0.29) is 11.4 Å². The Morgan fingerprint density at radius 3 is 2.68 bits per heavy atom. The van der Waals surface area contributed by atoms with Gasteiger partial charge in [-0.2, -0.15) is 0 Å². The lowest BCUT2D eigenvalue weighted by atomic mass is 10.1. The Balaban J connectivity index is 2.28. The van der Waals surface area contributed by atoms with Crippen molar-refractivity contribution in [3.05, 3.63) is 47.8 Å². The summed E-state index contributed by atoms with van der Waals surface area (Å²) in [6.07, 6.45) is 3.41. The van der Waals surface area contributed by atoms with Crippen LogP contribution in [-0.2, 0) is 6.54 Å². The number of rotatable bonds is 3. The first-order valence-corrected chi connectivity index (χ1v) is 6.39. The molecule has 1 aromatic heterocycles. The molecule has 0 amide bonds. The van der Waals surface area contributed by atoms with Crippen LogP contribution in [0, 0.1) is 12.7 Å². The predicted octanol–water partition coefficient (Wildman–Crippen LogP) is 3.21. The van der Waals surface area contributed by atoms with Crippen LogP contribution in [-0.4, -0.2) is 15.1 Å². The summed E-state index contributed by atoms with van der Waals surface area (Å²) in [7, 11) is 0. The third-order valence-electron chi connectivity index (χ3n) is 2.88. The molecule has 19 heavy (non-hydrogen) atoms. The highest BCUT2D eigenvalue weighted by Crippen LogP contribution is 2.17. The molecular formula is C15H20FN3. The van der Waals surface area contributed by atoms with Crippen LogP contribution in [0.5, 0.6) is 0 Å². The van der Waals surface area contributed by atoms with Crippen molar-refractivity contribution in [1.29, 1.82) is 0 Å². The first-order valence-electron chi connectivity index (χ1n) is 6.39. The lowest BCUT2D eigenvalue weighted by molar-refractivity contribution is 0.419. The van der Waals surface area contributed by atoms with Crippen molar-refractivity contribution in [2.75, 3.05) is 0 Å². The van der Waals surface area contributed by atoms with E-state index >= 15 is 0 Å². The van der Waals surface area contributed by atoms with Gasteiger partial charge in [0, 0.05) is 18.3 Å². The van der Waals surface area contributed by atoms with Crippen LogP contribution in [0.3, 0.4) is 0 Å². The highest BCUT2D eigenvalue weighted by molar-refractivity contribution is 5.37. The molecule has 0 aliphatic carbocycles. The molecule has 4 heteroatoms. The Kier molecular flexibility index (Phi) is 3.71. The SMILES string of the molecule is Cc1ccc(-n2cncc2CNC(C)(C)C)c(F)c1. The van der Waals surface area contributed by atoms with Crippen LogP contribution in [0.2, 0.25) is 0 Å². The lowest BCUT2D eigenvalue weighted by Gasteiger charge is -2.21. The van der Waals surface area contributed by atoms with Gasteiger partial charge in [-0.1, -0.05) is 6.07 Å². The van der Waals surface area contributed by atoms with E-state index < -0.39 is 0 Å². The van der Waals surface area contributed by atoms with E-state index in [4.69, 9.17) is 0 Å². The number of hydrogen-bond acceptors (Lipinski definition) is 2. The van der Waals surface area contributed by atoms with Gasteiger partial charge < -0.3 is 5.32 Å². The quantitative estimate of drug-likeness (QED) is 0.919. The number of nitrogens with one attached hydrogen (secondary N) is 1. The maximum Gasteiger partial charge on any atom is 0.147 e. The average molecular weight is 261 g/mol. The molecule has 0 bridgehead atoms. The van der Waals surface area contributed by atoms with Gasteiger partial charge in [0.1, 0.15) is 5.82 Å². The topological polar surface area (TPSA) is 29.9 Å². The third-order valence-corrected chi connectivity index (χ3v) is 2.88. The van der Waals surface area contributed by atoms with E-state index in [1.165, 1.54) is 6.07 Å². The van der Waals surface area contributed by atoms with Crippen LogP contribution >= 0.6 is 0 Å². The van der Waals surface area contributed by atoms with Crippen molar-refractivity contribution in [1.82, 2.24) is 14.9 Å². The second-order valence-electron chi connectivity index (χ2n) is 5.81. The van der Waals surface area contributed by atoms with E-state index in [0.29, 0.717) is 12.2 Å². The first-order chi connectivity index (χ1) is 8.87. The Bertz CT molecular complexity index is 567. The smallest absolute Gasteiger partial charge is 0.147 e. The average Bonchev–Trinajstić information content (AvgIpc) is 2.73. The molecule has 0 aliphatic rings. The number of nitrogens with zero attached hydrogens (tertiary/aromatic N) is 2. The van der Waals surface area contributed by atoms with Crippen LogP contribution in [0.25, 0.3) is 5.69 Å². The van der Waals surface area contributed by atoms with Crippen molar-refractivity contribution in [2.45, 2.75) is 39.8 Å². The van der Waals surface area contributed by atoms with Gasteiger partial charge in [-0.3, -0.25) is 4.57 Å². The van der Waals surface area contributed by atoms with E-state index in [1.54, 1.807) is 23.2 Å². The zero-order valence-corrected chi connectivity index (χ0v) is 11.9. The van der Waals surface area contributed by atoms with E-state index in [2.05, 4.69) is 31.1 Å². The second kappa shape index (κ2) is 5.13.